The molecule has 2 amide bonds. The average Bonchev–Trinajstić information content (AvgIpc) is 3.47. The van der Waals surface area contributed by atoms with Crippen LogP contribution in [-0.2, 0) is 4.79 Å². The van der Waals surface area contributed by atoms with Crippen molar-refractivity contribution in [3.05, 3.63) is 59.7 Å². The topological polar surface area (TPSA) is 58.2 Å². The van der Waals surface area contributed by atoms with Crippen LogP contribution < -0.4 is 10.6 Å². The number of carbonyl (C=O) groups is 2. The van der Waals surface area contributed by atoms with Gasteiger partial charge in [-0.05, 0) is 67.1 Å². The predicted octanol–water partition coefficient (Wildman–Crippen LogP) is 4.80. The lowest BCUT2D eigenvalue weighted by molar-refractivity contribution is -0.117. The number of carbonyl (C=O) groups excluding carboxylic acids is 2. The van der Waals surface area contributed by atoms with Crippen molar-refractivity contribution in [1.82, 2.24) is 0 Å². The van der Waals surface area contributed by atoms with Crippen molar-refractivity contribution in [2.24, 2.45) is 5.92 Å². The van der Waals surface area contributed by atoms with Gasteiger partial charge < -0.3 is 10.6 Å². The number of anilines is 2. The highest BCUT2D eigenvalue weighted by Gasteiger charge is 2.29. The van der Waals surface area contributed by atoms with Crippen LogP contribution in [0, 0.1) is 5.92 Å². The summed E-state index contributed by atoms with van der Waals surface area (Å²) in [4.78, 5) is 24.1. The lowest BCUT2D eigenvalue weighted by Crippen LogP contribution is -2.14. The molecule has 1 atom stereocenters. The number of nitrogens with one attached hydrogen (secondary N) is 2. The largest absolute Gasteiger partial charge is 0.326 e. The molecule has 3 rings (SSSR count). The Morgan fingerprint density at radius 3 is 2.08 bits per heavy atom. The van der Waals surface area contributed by atoms with E-state index >= 15 is 0 Å². The molecule has 1 unspecified atom stereocenters. The summed E-state index contributed by atoms with van der Waals surface area (Å²) in [6, 6.07) is 15.0. The van der Waals surface area contributed by atoms with Gasteiger partial charge in [0.25, 0.3) is 5.91 Å². The van der Waals surface area contributed by atoms with Gasteiger partial charge in [-0.3, -0.25) is 9.59 Å². The van der Waals surface area contributed by atoms with Crippen molar-refractivity contribution < 1.29 is 9.59 Å². The van der Waals surface area contributed by atoms with Crippen molar-refractivity contribution in [2.75, 3.05) is 10.6 Å². The Hall–Kier alpha value is -2.62. The molecule has 4 nitrogen and oxygen atoms in total. The van der Waals surface area contributed by atoms with Gasteiger partial charge in [0.15, 0.2) is 0 Å². The monoisotopic (exact) mass is 336 g/mol. The van der Waals surface area contributed by atoms with E-state index in [0.29, 0.717) is 11.5 Å². The highest BCUT2D eigenvalue weighted by molar-refractivity contribution is 6.04. The van der Waals surface area contributed by atoms with Crippen LogP contribution in [0.25, 0.3) is 0 Å². The van der Waals surface area contributed by atoms with Crippen LogP contribution in [0.5, 0.6) is 0 Å². The normalized spacial score (nSPS) is 14.6. The molecule has 2 N–H and O–H groups in total. The van der Waals surface area contributed by atoms with Crippen LogP contribution in [0.15, 0.2) is 48.5 Å². The zero-order valence-electron chi connectivity index (χ0n) is 14.7. The van der Waals surface area contributed by atoms with Crippen molar-refractivity contribution in [1.29, 1.82) is 0 Å². The summed E-state index contributed by atoms with van der Waals surface area (Å²) >= 11 is 0. The first kappa shape index (κ1) is 17.2. The van der Waals surface area contributed by atoms with Gasteiger partial charge in [-0.2, -0.15) is 0 Å². The third-order valence-corrected chi connectivity index (χ3v) is 4.71. The number of rotatable bonds is 6. The van der Waals surface area contributed by atoms with Crippen molar-refractivity contribution in [3.63, 3.8) is 0 Å². The minimum Gasteiger partial charge on any atom is -0.326 e. The molecule has 0 spiro atoms. The molecule has 25 heavy (non-hydrogen) atoms. The summed E-state index contributed by atoms with van der Waals surface area (Å²) < 4.78 is 0. The molecule has 0 radical (unpaired) electrons. The van der Waals surface area contributed by atoms with Crippen LogP contribution in [0.3, 0.4) is 0 Å². The first-order valence-electron chi connectivity index (χ1n) is 8.89. The maximum atomic E-state index is 12.3. The molecule has 4 heteroatoms. The molecule has 1 aliphatic carbocycles. The molecule has 1 saturated carbocycles. The molecular formula is C21H24N2O2. The Kier molecular flexibility index (Phi) is 5.17. The Morgan fingerprint density at radius 1 is 0.960 bits per heavy atom. The van der Waals surface area contributed by atoms with E-state index in [9.17, 15) is 9.59 Å². The van der Waals surface area contributed by atoms with Crippen LogP contribution in [-0.4, -0.2) is 11.8 Å². The van der Waals surface area contributed by atoms with Crippen molar-refractivity contribution in [3.8, 4) is 0 Å². The highest BCUT2D eigenvalue weighted by Crippen LogP contribution is 2.30. The summed E-state index contributed by atoms with van der Waals surface area (Å²) in [5.41, 5.74) is 3.35. The molecule has 130 valence electrons. The standard InChI is InChI=1S/C21H24N2O2/c1-3-14(2)15-6-10-18(11-7-15)22-21(25)17-8-12-19(13-9-17)23-20(24)16-4-5-16/h6-14,16H,3-5H2,1-2H3,(H,22,25)(H,23,24). The zero-order chi connectivity index (χ0) is 17.8. The van der Waals surface area contributed by atoms with E-state index in [4.69, 9.17) is 0 Å². The highest BCUT2D eigenvalue weighted by atomic mass is 16.2. The first-order valence-corrected chi connectivity index (χ1v) is 8.89. The number of hydrogen-bond donors (Lipinski definition) is 2. The summed E-state index contributed by atoms with van der Waals surface area (Å²) in [5.74, 6) is 0.597. The van der Waals surface area contributed by atoms with Gasteiger partial charge in [-0.1, -0.05) is 26.0 Å². The fraction of sp³-hybridized carbons (Fsp3) is 0.333. The second-order valence-corrected chi connectivity index (χ2v) is 6.73. The van der Waals surface area contributed by atoms with Gasteiger partial charge in [0.05, 0.1) is 0 Å². The summed E-state index contributed by atoms with van der Waals surface area (Å²) in [6.07, 6.45) is 3.04. The minimum absolute atomic E-state index is 0.0681. The molecule has 0 aliphatic heterocycles. The minimum atomic E-state index is -0.156. The van der Waals surface area contributed by atoms with Gasteiger partial charge in [-0.15, -0.1) is 0 Å². The fourth-order valence-corrected chi connectivity index (χ4v) is 2.63. The van der Waals surface area contributed by atoms with Crippen LogP contribution in [0.1, 0.15) is 54.9 Å². The molecule has 2 aromatic carbocycles. The molecule has 2 aromatic rings. The van der Waals surface area contributed by atoms with E-state index in [0.717, 1.165) is 30.6 Å². The fourth-order valence-electron chi connectivity index (χ4n) is 2.63. The van der Waals surface area contributed by atoms with Crippen LogP contribution in [0.4, 0.5) is 11.4 Å². The van der Waals surface area contributed by atoms with E-state index in [1.54, 1.807) is 24.3 Å². The van der Waals surface area contributed by atoms with Crippen molar-refractivity contribution >= 4 is 23.2 Å². The number of benzene rings is 2. The van der Waals surface area contributed by atoms with Gasteiger partial charge in [0.2, 0.25) is 5.91 Å². The van der Waals surface area contributed by atoms with Crippen LogP contribution in [0.2, 0.25) is 0 Å². The molecule has 1 aliphatic rings. The Bertz CT molecular complexity index is 746. The first-order chi connectivity index (χ1) is 12.1. The predicted molar refractivity (Wildman–Crippen MR) is 101 cm³/mol. The molecule has 0 heterocycles. The van der Waals surface area contributed by atoms with E-state index in [-0.39, 0.29) is 17.7 Å². The lowest BCUT2D eigenvalue weighted by atomic mass is 9.98. The summed E-state index contributed by atoms with van der Waals surface area (Å²) in [5, 5.41) is 5.78. The maximum absolute atomic E-state index is 12.3. The van der Waals surface area contributed by atoms with Crippen LogP contribution >= 0.6 is 0 Å². The Labute approximate surface area is 148 Å². The van der Waals surface area contributed by atoms with Gasteiger partial charge in [-0.25, -0.2) is 0 Å². The lowest BCUT2D eigenvalue weighted by Gasteiger charge is -2.11. The van der Waals surface area contributed by atoms with Gasteiger partial charge >= 0.3 is 0 Å². The SMILES string of the molecule is CCC(C)c1ccc(NC(=O)c2ccc(NC(=O)C3CC3)cc2)cc1. The Morgan fingerprint density at radius 2 is 1.52 bits per heavy atom. The third kappa shape index (κ3) is 4.47. The molecule has 1 fully saturated rings. The molecular weight excluding hydrogens is 312 g/mol. The third-order valence-electron chi connectivity index (χ3n) is 4.71. The molecule has 0 saturated heterocycles. The van der Waals surface area contributed by atoms with E-state index in [2.05, 4.69) is 36.6 Å². The zero-order valence-corrected chi connectivity index (χ0v) is 14.7. The summed E-state index contributed by atoms with van der Waals surface area (Å²) in [7, 11) is 0. The molecule has 0 bridgehead atoms. The van der Waals surface area contributed by atoms with E-state index in [1.165, 1.54) is 5.56 Å². The van der Waals surface area contributed by atoms with E-state index in [1.807, 2.05) is 12.1 Å². The van der Waals surface area contributed by atoms with Gasteiger partial charge in [0, 0.05) is 22.9 Å². The number of amides is 2. The quantitative estimate of drug-likeness (QED) is 0.796. The van der Waals surface area contributed by atoms with Crippen molar-refractivity contribution in [2.45, 2.75) is 39.0 Å². The second-order valence-electron chi connectivity index (χ2n) is 6.73. The summed E-state index contributed by atoms with van der Waals surface area (Å²) in [6.45, 7) is 4.36. The smallest absolute Gasteiger partial charge is 0.255 e. The van der Waals surface area contributed by atoms with E-state index < -0.39 is 0 Å². The Balaban J connectivity index is 1.59. The second kappa shape index (κ2) is 7.51. The number of hydrogen-bond acceptors (Lipinski definition) is 2. The van der Waals surface area contributed by atoms with Gasteiger partial charge in [0.1, 0.15) is 0 Å². The maximum Gasteiger partial charge on any atom is 0.255 e. The molecule has 0 aromatic heterocycles. The average molecular weight is 336 g/mol.